The molecule has 0 bridgehead atoms. The van der Waals surface area contributed by atoms with E-state index in [1.165, 1.54) is 6.42 Å². The minimum Gasteiger partial charge on any atom is -0.395 e. The fourth-order valence-corrected chi connectivity index (χ4v) is 2.66. The summed E-state index contributed by atoms with van der Waals surface area (Å²) in [5, 5.41) is 12.4. The molecule has 1 rings (SSSR count). The Morgan fingerprint density at radius 2 is 2.22 bits per heavy atom. The molecule has 0 spiro atoms. The van der Waals surface area contributed by atoms with Gasteiger partial charge in [0.1, 0.15) is 0 Å². The average Bonchev–Trinajstić information content (AvgIpc) is 2.54. The van der Waals surface area contributed by atoms with Crippen molar-refractivity contribution >= 4 is 5.91 Å². The zero-order valence-corrected chi connectivity index (χ0v) is 11.8. The van der Waals surface area contributed by atoms with Crippen molar-refractivity contribution in [2.75, 3.05) is 19.7 Å². The third-order valence-electron chi connectivity index (χ3n) is 3.69. The third-order valence-corrected chi connectivity index (χ3v) is 3.69. The lowest BCUT2D eigenvalue weighted by Gasteiger charge is -2.28. The third kappa shape index (κ3) is 5.36. The molecule has 0 saturated carbocycles. The number of amides is 1. The molecule has 0 radical (unpaired) electrons. The van der Waals surface area contributed by atoms with Crippen molar-refractivity contribution in [3.05, 3.63) is 0 Å². The van der Waals surface area contributed by atoms with Crippen LogP contribution in [0.5, 0.6) is 0 Å². The fourth-order valence-electron chi connectivity index (χ4n) is 2.66. The van der Waals surface area contributed by atoms with Crippen LogP contribution in [0.15, 0.2) is 0 Å². The molecule has 1 saturated heterocycles. The minimum atomic E-state index is 0.0938. The number of hydrogen-bond donors (Lipinski definition) is 2. The van der Waals surface area contributed by atoms with Crippen molar-refractivity contribution in [3.8, 4) is 0 Å². The van der Waals surface area contributed by atoms with E-state index < -0.39 is 0 Å². The second-order valence-corrected chi connectivity index (χ2v) is 5.41. The highest BCUT2D eigenvalue weighted by Crippen LogP contribution is 2.16. The van der Waals surface area contributed by atoms with Crippen LogP contribution in [-0.4, -0.2) is 47.7 Å². The first-order valence-electron chi connectivity index (χ1n) is 7.31. The Morgan fingerprint density at radius 1 is 1.44 bits per heavy atom. The second kappa shape index (κ2) is 8.48. The number of nitrogens with zero attached hydrogens (tertiary/aromatic N) is 1. The lowest BCUT2D eigenvalue weighted by atomic mass is 10.1. The molecule has 1 amide bonds. The Hall–Kier alpha value is -0.610. The smallest absolute Gasteiger partial charge is 0.234 e. The van der Waals surface area contributed by atoms with Gasteiger partial charge in [0, 0.05) is 12.1 Å². The maximum absolute atomic E-state index is 11.9. The molecule has 1 fully saturated rings. The van der Waals surface area contributed by atoms with E-state index in [1.807, 2.05) is 6.92 Å². The standard InChI is InChI=1S/C14H28N2O2/c1-3-7-12(2)15-14(18)10-16-9-6-4-5-8-13(16)11-17/h12-13,17H,3-11H2,1-2H3,(H,15,18). The number of aliphatic hydroxyl groups is 1. The lowest BCUT2D eigenvalue weighted by molar-refractivity contribution is -0.123. The van der Waals surface area contributed by atoms with E-state index in [1.54, 1.807) is 0 Å². The van der Waals surface area contributed by atoms with E-state index in [-0.39, 0.29) is 24.6 Å². The van der Waals surface area contributed by atoms with Crippen LogP contribution in [0.25, 0.3) is 0 Å². The molecule has 1 aliphatic rings. The summed E-state index contributed by atoms with van der Waals surface area (Å²) in [4.78, 5) is 14.1. The van der Waals surface area contributed by atoms with Gasteiger partial charge in [-0.15, -0.1) is 0 Å². The van der Waals surface area contributed by atoms with Gasteiger partial charge in [0.25, 0.3) is 0 Å². The average molecular weight is 256 g/mol. The second-order valence-electron chi connectivity index (χ2n) is 5.41. The van der Waals surface area contributed by atoms with Gasteiger partial charge in [-0.05, 0) is 32.7 Å². The van der Waals surface area contributed by atoms with Gasteiger partial charge in [-0.2, -0.15) is 0 Å². The van der Waals surface area contributed by atoms with E-state index >= 15 is 0 Å². The molecule has 0 aromatic rings. The monoisotopic (exact) mass is 256 g/mol. The fraction of sp³-hybridized carbons (Fsp3) is 0.929. The van der Waals surface area contributed by atoms with E-state index in [0.29, 0.717) is 6.54 Å². The highest BCUT2D eigenvalue weighted by molar-refractivity contribution is 5.78. The highest BCUT2D eigenvalue weighted by Gasteiger charge is 2.22. The lowest BCUT2D eigenvalue weighted by Crippen LogP contribution is -2.46. The maximum Gasteiger partial charge on any atom is 0.234 e. The van der Waals surface area contributed by atoms with Gasteiger partial charge in [-0.25, -0.2) is 0 Å². The zero-order chi connectivity index (χ0) is 13.4. The van der Waals surface area contributed by atoms with Crippen molar-refractivity contribution in [3.63, 3.8) is 0 Å². The van der Waals surface area contributed by atoms with Gasteiger partial charge < -0.3 is 10.4 Å². The number of carbonyl (C=O) groups is 1. The molecule has 4 nitrogen and oxygen atoms in total. The first kappa shape index (κ1) is 15.4. The van der Waals surface area contributed by atoms with Crippen LogP contribution in [0.1, 0.15) is 52.4 Å². The molecule has 18 heavy (non-hydrogen) atoms. The predicted octanol–water partition coefficient (Wildman–Crippen LogP) is 1.53. The molecule has 2 atom stereocenters. The molecule has 1 aliphatic heterocycles. The summed E-state index contributed by atoms with van der Waals surface area (Å²) in [5.74, 6) is 0.0938. The van der Waals surface area contributed by atoms with Crippen molar-refractivity contribution in [2.24, 2.45) is 0 Å². The van der Waals surface area contributed by atoms with E-state index in [9.17, 15) is 9.90 Å². The first-order chi connectivity index (χ1) is 8.67. The number of carbonyl (C=O) groups excluding carboxylic acids is 1. The maximum atomic E-state index is 11.9. The summed E-state index contributed by atoms with van der Waals surface area (Å²) in [6, 6.07) is 0.418. The molecular weight excluding hydrogens is 228 g/mol. The van der Waals surface area contributed by atoms with Crippen molar-refractivity contribution in [1.29, 1.82) is 0 Å². The molecular formula is C14H28N2O2. The van der Waals surface area contributed by atoms with Crippen LogP contribution in [-0.2, 0) is 4.79 Å². The van der Waals surface area contributed by atoms with Gasteiger partial charge in [0.15, 0.2) is 0 Å². The molecule has 0 aliphatic carbocycles. The molecule has 1 heterocycles. The number of likely N-dealkylation sites (tertiary alicyclic amines) is 1. The van der Waals surface area contributed by atoms with Crippen LogP contribution in [0, 0.1) is 0 Å². The van der Waals surface area contributed by atoms with Crippen LogP contribution >= 0.6 is 0 Å². The zero-order valence-electron chi connectivity index (χ0n) is 11.8. The number of nitrogens with one attached hydrogen (secondary N) is 1. The highest BCUT2D eigenvalue weighted by atomic mass is 16.3. The Labute approximate surface area is 111 Å². The summed E-state index contributed by atoms with van der Waals surface area (Å²) in [6.07, 6.45) is 6.62. The molecule has 2 N–H and O–H groups in total. The van der Waals surface area contributed by atoms with Crippen molar-refractivity contribution < 1.29 is 9.90 Å². The molecule has 0 aromatic carbocycles. The SMILES string of the molecule is CCCC(C)NC(=O)CN1CCCCCC1CO. The Kier molecular flexibility index (Phi) is 7.28. The van der Waals surface area contributed by atoms with Crippen LogP contribution in [0.2, 0.25) is 0 Å². The Morgan fingerprint density at radius 3 is 2.89 bits per heavy atom. The number of aliphatic hydroxyl groups excluding tert-OH is 1. The quantitative estimate of drug-likeness (QED) is 0.758. The van der Waals surface area contributed by atoms with Gasteiger partial charge in [0.2, 0.25) is 5.91 Å². The Bertz CT molecular complexity index is 246. The largest absolute Gasteiger partial charge is 0.395 e. The molecule has 2 unspecified atom stereocenters. The Balaban J connectivity index is 2.40. The van der Waals surface area contributed by atoms with Gasteiger partial charge in [-0.3, -0.25) is 9.69 Å². The topological polar surface area (TPSA) is 52.6 Å². The summed E-state index contributed by atoms with van der Waals surface area (Å²) in [6.45, 7) is 5.70. The molecule has 4 heteroatoms. The van der Waals surface area contributed by atoms with E-state index in [2.05, 4.69) is 17.1 Å². The predicted molar refractivity (Wildman–Crippen MR) is 73.4 cm³/mol. The summed E-state index contributed by atoms with van der Waals surface area (Å²) in [7, 11) is 0. The normalized spacial score (nSPS) is 23.4. The van der Waals surface area contributed by atoms with Crippen molar-refractivity contribution in [1.82, 2.24) is 10.2 Å². The summed E-state index contributed by atoms with van der Waals surface area (Å²) in [5.41, 5.74) is 0. The number of rotatable bonds is 6. The number of hydrogen-bond acceptors (Lipinski definition) is 3. The summed E-state index contributed by atoms with van der Waals surface area (Å²) >= 11 is 0. The molecule has 0 aromatic heterocycles. The van der Waals surface area contributed by atoms with Gasteiger partial charge in [-0.1, -0.05) is 26.2 Å². The van der Waals surface area contributed by atoms with Gasteiger partial charge in [0.05, 0.1) is 13.2 Å². The first-order valence-corrected chi connectivity index (χ1v) is 7.31. The van der Waals surface area contributed by atoms with Crippen LogP contribution in [0.3, 0.4) is 0 Å². The van der Waals surface area contributed by atoms with Gasteiger partial charge >= 0.3 is 0 Å². The minimum absolute atomic E-state index is 0.0938. The van der Waals surface area contributed by atoms with E-state index in [4.69, 9.17) is 0 Å². The summed E-state index contributed by atoms with van der Waals surface area (Å²) < 4.78 is 0. The molecule has 106 valence electrons. The van der Waals surface area contributed by atoms with E-state index in [0.717, 1.165) is 38.6 Å². The van der Waals surface area contributed by atoms with Crippen LogP contribution in [0.4, 0.5) is 0 Å². The van der Waals surface area contributed by atoms with Crippen LogP contribution < -0.4 is 5.32 Å². The van der Waals surface area contributed by atoms with Crippen molar-refractivity contribution in [2.45, 2.75) is 64.5 Å².